The van der Waals surface area contributed by atoms with E-state index in [2.05, 4.69) is 95.5 Å². The number of ether oxygens (including phenoxy) is 2. The van der Waals surface area contributed by atoms with E-state index >= 15 is 0 Å². The zero-order valence-corrected chi connectivity index (χ0v) is 30.9. The Bertz CT molecular complexity index is 1600. The minimum absolute atomic E-state index is 0.0436. The predicted octanol–water partition coefficient (Wildman–Crippen LogP) is 6.19. The van der Waals surface area contributed by atoms with Gasteiger partial charge < -0.3 is 25.4 Å². The second-order valence-electron chi connectivity index (χ2n) is 13.5. The minimum atomic E-state index is -0.875. The zero-order chi connectivity index (χ0) is 34.8. The van der Waals surface area contributed by atoms with Gasteiger partial charge in [0.05, 0.1) is 36.3 Å². The van der Waals surface area contributed by atoms with Gasteiger partial charge in [0.15, 0.2) is 5.90 Å². The SMILES string of the molecule is C[C@H](N)C(=O)N[C@H](C(=O)N1CCC[C@H]1/C=C/[C@@](C)(Cc1cccc(CI)c1)C1=N[C@@H](Cc2ccccc2)CO1)[C@@H](C)OCc1ccccc1. The lowest BCUT2D eigenvalue weighted by Crippen LogP contribution is -2.57. The Hall–Kier alpha value is -3.54. The molecule has 2 aliphatic rings. The van der Waals surface area contributed by atoms with E-state index in [1.807, 2.05) is 48.2 Å². The molecular formula is C40H49IN4O4. The molecule has 1 saturated heterocycles. The molecule has 2 amide bonds. The van der Waals surface area contributed by atoms with E-state index in [4.69, 9.17) is 20.2 Å². The van der Waals surface area contributed by atoms with Gasteiger partial charge in [0.25, 0.3) is 0 Å². The summed E-state index contributed by atoms with van der Waals surface area (Å²) < 4.78 is 13.4. The third kappa shape index (κ3) is 10.0. The van der Waals surface area contributed by atoms with Crippen LogP contribution in [-0.4, -0.2) is 66.0 Å². The fraction of sp³-hybridized carbons (Fsp3) is 0.425. The van der Waals surface area contributed by atoms with Crippen molar-refractivity contribution in [2.45, 2.75) is 87.8 Å². The van der Waals surface area contributed by atoms with Gasteiger partial charge in [-0.2, -0.15) is 0 Å². The van der Waals surface area contributed by atoms with Crippen molar-refractivity contribution in [3.8, 4) is 0 Å². The predicted molar refractivity (Wildman–Crippen MR) is 203 cm³/mol. The lowest BCUT2D eigenvalue weighted by atomic mass is 9.82. The highest BCUT2D eigenvalue weighted by atomic mass is 127. The number of rotatable bonds is 15. The first kappa shape index (κ1) is 36.7. The Morgan fingerprint density at radius 3 is 2.41 bits per heavy atom. The number of halogens is 1. The molecule has 2 heterocycles. The molecule has 0 saturated carbocycles. The number of carbonyl (C=O) groups excluding carboxylic acids is 2. The molecule has 2 aliphatic heterocycles. The van der Waals surface area contributed by atoms with Gasteiger partial charge in [-0.05, 0) is 68.7 Å². The van der Waals surface area contributed by atoms with Crippen molar-refractivity contribution in [1.29, 1.82) is 0 Å². The molecule has 260 valence electrons. The number of nitrogens with one attached hydrogen (secondary N) is 1. The van der Waals surface area contributed by atoms with E-state index in [1.165, 1.54) is 16.7 Å². The fourth-order valence-electron chi connectivity index (χ4n) is 6.50. The Labute approximate surface area is 304 Å². The number of nitrogens with zero attached hydrogens (tertiary/aromatic N) is 2. The lowest BCUT2D eigenvalue weighted by molar-refractivity contribution is -0.141. The standard InChI is InChI=1S/C40H49IN4O4/c1-28(42)37(46)44-36(29(2)48-26-31-14-8-5-9-15-31)38(47)45-21-11-18-35(45)19-20-40(3,24-32-16-10-17-33(22-32)25-41)39-43-34(27-49-39)23-30-12-6-4-7-13-30/h4-10,12-17,19-20,22,28-29,34-36H,11,18,21,23-27,42H2,1-3H3,(H,44,46)/b20-19+/t28-,29+,34-,35-,36-,40-/m0/s1. The van der Waals surface area contributed by atoms with Gasteiger partial charge in [-0.25, -0.2) is 4.99 Å². The maximum Gasteiger partial charge on any atom is 0.248 e. The first-order chi connectivity index (χ1) is 23.6. The van der Waals surface area contributed by atoms with Gasteiger partial charge >= 0.3 is 0 Å². The van der Waals surface area contributed by atoms with Crippen LogP contribution in [0.15, 0.2) is 102 Å². The van der Waals surface area contributed by atoms with Crippen LogP contribution in [0, 0.1) is 5.41 Å². The molecule has 0 spiro atoms. The van der Waals surface area contributed by atoms with Crippen LogP contribution < -0.4 is 11.1 Å². The van der Waals surface area contributed by atoms with E-state index in [0.717, 1.165) is 35.2 Å². The molecule has 0 bridgehead atoms. The molecule has 6 atom stereocenters. The van der Waals surface area contributed by atoms with Crippen LogP contribution in [0.4, 0.5) is 0 Å². The smallest absolute Gasteiger partial charge is 0.248 e. The summed E-state index contributed by atoms with van der Waals surface area (Å²) >= 11 is 2.40. The second kappa shape index (κ2) is 17.4. The summed E-state index contributed by atoms with van der Waals surface area (Å²) in [4.78, 5) is 34.0. The van der Waals surface area contributed by atoms with Gasteiger partial charge in [-0.15, -0.1) is 0 Å². The van der Waals surface area contributed by atoms with E-state index in [-0.39, 0.29) is 23.9 Å². The van der Waals surface area contributed by atoms with Crippen molar-refractivity contribution in [3.05, 3.63) is 119 Å². The van der Waals surface area contributed by atoms with Crippen LogP contribution in [0.2, 0.25) is 0 Å². The molecule has 49 heavy (non-hydrogen) atoms. The number of alkyl halides is 1. The van der Waals surface area contributed by atoms with Gasteiger partial charge in [0, 0.05) is 11.0 Å². The molecule has 3 N–H and O–H groups in total. The summed E-state index contributed by atoms with van der Waals surface area (Å²) in [5, 5.41) is 2.89. The van der Waals surface area contributed by atoms with Crippen LogP contribution in [0.5, 0.6) is 0 Å². The highest BCUT2D eigenvalue weighted by Gasteiger charge is 2.39. The van der Waals surface area contributed by atoms with E-state index < -0.39 is 23.6 Å². The third-order valence-corrected chi connectivity index (χ3v) is 10.2. The zero-order valence-electron chi connectivity index (χ0n) is 28.8. The van der Waals surface area contributed by atoms with E-state index in [1.54, 1.807) is 6.92 Å². The number of aliphatic imine (C=N–C) groups is 1. The molecule has 3 aromatic carbocycles. The molecule has 0 radical (unpaired) electrons. The molecular weight excluding hydrogens is 727 g/mol. The number of amides is 2. The van der Waals surface area contributed by atoms with Gasteiger partial charge in [0.1, 0.15) is 12.6 Å². The Balaban J connectivity index is 1.37. The van der Waals surface area contributed by atoms with Gasteiger partial charge in [0.2, 0.25) is 11.8 Å². The summed E-state index contributed by atoms with van der Waals surface area (Å²) in [5.41, 5.74) is 10.1. The highest BCUT2D eigenvalue weighted by Crippen LogP contribution is 2.33. The van der Waals surface area contributed by atoms with Crippen LogP contribution in [-0.2, 0) is 42.9 Å². The Morgan fingerprint density at radius 1 is 1.04 bits per heavy atom. The minimum Gasteiger partial charge on any atom is -0.478 e. The topological polar surface area (TPSA) is 106 Å². The van der Waals surface area contributed by atoms with E-state index in [9.17, 15) is 9.59 Å². The summed E-state index contributed by atoms with van der Waals surface area (Å²) in [6.45, 7) is 7.08. The first-order valence-electron chi connectivity index (χ1n) is 17.3. The fourth-order valence-corrected chi connectivity index (χ4v) is 6.98. The monoisotopic (exact) mass is 776 g/mol. The second-order valence-corrected chi connectivity index (χ2v) is 14.3. The molecule has 3 aromatic rings. The number of likely N-dealkylation sites (tertiary alicyclic amines) is 1. The van der Waals surface area contributed by atoms with Crippen molar-refractivity contribution in [2.24, 2.45) is 16.1 Å². The maximum absolute atomic E-state index is 14.2. The first-order valence-corrected chi connectivity index (χ1v) is 18.8. The molecule has 9 heteroatoms. The van der Waals surface area contributed by atoms with Crippen molar-refractivity contribution >= 4 is 40.3 Å². The lowest BCUT2D eigenvalue weighted by Gasteiger charge is -2.32. The van der Waals surface area contributed by atoms with Gasteiger partial charge in [-0.1, -0.05) is 120 Å². The van der Waals surface area contributed by atoms with E-state index in [0.29, 0.717) is 26.2 Å². The normalized spacial score (nSPS) is 20.7. The molecule has 1 fully saturated rings. The summed E-state index contributed by atoms with van der Waals surface area (Å²) in [6.07, 6.45) is 6.97. The Kier molecular flexibility index (Phi) is 13.0. The van der Waals surface area contributed by atoms with Gasteiger partial charge in [-0.3, -0.25) is 9.59 Å². The molecule has 0 aliphatic carbocycles. The van der Waals surface area contributed by atoms with Crippen LogP contribution in [0.3, 0.4) is 0 Å². The number of nitrogens with two attached hydrogens (primary N) is 1. The summed E-state index contributed by atoms with van der Waals surface area (Å²) in [5.74, 6) is 0.170. The van der Waals surface area contributed by atoms with Crippen LogP contribution in [0.1, 0.15) is 55.9 Å². The third-order valence-electron chi connectivity index (χ3n) is 9.30. The largest absolute Gasteiger partial charge is 0.478 e. The van der Waals surface area contributed by atoms with Crippen molar-refractivity contribution in [2.75, 3.05) is 13.2 Å². The number of hydrogen-bond donors (Lipinski definition) is 2. The average Bonchev–Trinajstić information content (AvgIpc) is 3.80. The quantitative estimate of drug-likeness (QED) is 0.109. The molecule has 5 rings (SSSR count). The summed E-state index contributed by atoms with van der Waals surface area (Å²) in [7, 11) is 0. The number of benzene rings is 3. The number of hydrogen-bond acceptors (Lipinski definition) is 6. The Morgan fingerprint density at radius 2 is 1.71 bits per heavy atom. The summed E-state index contributed by atoms with van der Waals surface area (Å²) in [6, 6.07) is 27.1. The molecule has 8 nitrogen and oxygen atoms in total. The highest BCUT2D eigenvalue weighted by molar-refractivity contribution is 14.1. The maximum atomic E-state index is 14.2. The average molecular weight is 777 g/mol. The van der Waals surface area contributed by atoms with Crippen molar-refractivity contribution in [1.82, 2.24) is 10.2 Å². The van der Waals surface area contributed by atoms with Crippen LogP contribution in [0.25, 0.3) is 0 Å². The van der Waals surface area contributed by atoms with Crippen molar-refractivity contribution < 1.29 is 19.1 Å². The molecule has 0 aromatic heterocycles. The number of carbonyl (C=O) groups is 2. The van der Waals surface area contributed by atoms with Crippen LogP contribution >= 0.6 is 22.6 Å². The van der Waals surface area contributed by atoms with Crippen molar-refractivity contribution in [3.63, 3.8) is 0 Å². The molecule has 0 unspecified atom stereocenters.